The van der Waals surface area contributed by atoms with Crippen molar-refractivity contribution >= 4 is 21.7 Å². The van der Waals surface area contributed by atoms with E-state index in [0.29, 0.717) is 18.1 Å². The van der Waals surface area contributed by atoms with Gasteiger partial charge in [-0.25, -0.2) is 0 Å². The van der Waals surface area contributed by atoms with Gasteiger partial charge in [-0.1, -0.05) is 21.1 Å². The topological polar surface area (TPSA) is 56.0 Å². The third-order valence-electron chi connectivity index (χ3n) is 3.47. The molecule has 1 heterocycles. The molecule has 1 aliphatic rings. The number of aryl methyl sites for hydroxylation is 1. The van der Waals surface area contributed by atoms with Crippen molar-refractivity contribution in [3.63, 3.8) is 0 Å². The van der Waals surface area contributed by atoms with Crippen LogP contribution in [0.3, 0.4) is 0 Å². The number of Topliss-reactive ketones (excluding diaryl/α,β-unsaturated/α-hetero) is 1. The number of halogens is 1. The highest BCUT2D eigenvalue weighted by Gasteiger charge is 2.31. The van der Waals surface area contributed by atoms with Gasteiger partial charge in [0.1, 0.15) is 5.78 Å². The first-order chi connectivity index (χ1) is 9.15. The van der Waals surface area contributed by atoms with Gasteiger partial charge in [0.25, 0.3) is 0 Å². The second kappa shape index (κ2) is 4.89. The van der Waals surface area contributed by atoms with E-state index in [1.54, 1.807) is 0 Å². The normalized spacial score (nSPS) is 19.1. The Kier molecular flexibility index (Phi) is 3.22. The lowest BCUT2D eigenvalue weighted by Gasteiger charge is -2.01. The molecule has 1 saturated carbocycles. The first-order valence-electron chi connectivity index (χ1n) is 6.28. The predicted octanol–water partition coefficient (Wildman–Crippen LogP) is 3.64. The fourth-order valence-corrected chi connectivity index (χ4v) is 2.92. The van der Waals surface area contributed by atoms with Crippen LogP contribution in [-0.4, -0.2) is 15.9 Å². The number of aromatic nitrogens is 2. The Morgan fingerprint density at radius 3 is 2.95 bits per heavy atom. The number of carbonyl (C=O) groups is 1. The molecule has 1 fully saturated rings. The minimum absolute atomic E-state index is 0.197. The van der Waals surface area contributed by atoms with E-state index in [1.165, 1.54) is 0 Å². The molecule has 0 saturated heterocycles. The first kappa shape index (κ1) is 12.5. The minimum Gasteiger partial charge on any atom is -0.338 e. The molecule has 0 radical (unpaired) electrons. The van der Waals surface area contributed by atoms with E-state index in [0.717, 1.165) is 28.4 Å². The Morgan fingerprint density at radius 2 is 2.26 bits per heavy atom. The van der Waals surface area contributed by atoms with Crippen LogP contribution in [0.1, 0.15) is 36.6 Å². The van der Waals surface area contributed by atoms with Gasteiger partial charge < -0.3 is 4.52 Å². The van der Waals surface area contributed by atoms with Gasteiger partial charge in [-0.15, -0.1) is 0 Å². The van der Waals surface area contributed by atoms with Crippen molar-refractivity contribution in [1.82, 2.24) is 10.1 Å². The molecule has 0 amide bonds. The Bertz CT molecular complexity index is 636. The zero-order valence-corrected chi connectivity index (χ0v) is 12.1. The second-order valence-corrected chi connectivity index (χ2v) is 5.74. The number of hydrogen-bond donors (Lipinski definition) is 0. The van der Waals surface area contributed by atoms with Crippen molar-refractivity contribution < 1.29 is 9.32 Å². The van der Waals surface area contributed by atoms with E-state index >= 15 is 0 Å². The monoisotopic (exact) mass is 320 g/mol. The molecule has 4 nitrogen and oxygen atoms in total. The van der Waals surface area contributed by atoms with Gasteiger partial charge in [0.2, 0.25) is 11.7 Å². The van der Waals surface area contributed by atoms with Crippen LogP contribution in [0.25, 0.3) is 11.4 Å². The maximum atomic E-state index is 11.7. The molecule has 19 heavy (non-hydrogen) atoms. The highest BCUT2D eigenvalue weighted by atomic mass is 79.9. The van der Waals surface area contributed by atoms with Gasteiger partial charge in [0.05, 0.1) is 5.92 Å². The highest BCUT2D eigenvalue weighted by Crippen LogP contribution is 2.32. The molecule has 5 heteroatoms. The van der Waals surface area contributed by atoms with Gasteiger partial charge in [-0.3, -0.25) is 4.79 Å². The van der Waals surface area contributed by atoms with Gasteiger partial charge >= 0.3 is 0 Å². The van der Waals surface area contributed by atoms with Crippen LogP contribution >= 0.6 is 15.9 Å². The molecule has 1 aliphatic carbocycles. The van der Waals surface area contributed by atoms with Crippen LogP contribution in [-0.2, 0) is 4.79 Å². The summed E-state index contributed by atoms with van der Waals surface area (Å²) in [6.07, 6.45) is 2.36. The molecule has 3 rings (SSSR count). The third-order valence-corrected chi connectivity index (χ3v) is 3.97. The summed E-state index contributed by atoms with van der Waals surface area (Å²) in [5.41, 5.74) is 2.00. The number of hydrogen-bond acceptors (Lipinski definition) is 4. The number of ketones is 1. The lowest BCUT2D eigenvalue weighted by molar-refractivity contribution is -0.119. The van der Waals surface area contributed by atoms with Crippen LogP contribution in [0.4, 0.5) is 0 Å². The second-order valence-electron chi connectivity index (χ2n) is 4.83. The summed E-state index contributed by atoms with van der Waals surface area (Å²) < 4.78 is 6.28. The van der Waals surface area contributed by atoms with Crippen LogP contribution in [0, 0.1) is 6.92 Å². The van der Waals surface area contributed by atoms with E-state index in [9.17, 15) is 4.79 Å². The summed E-state index contributed by atoms with van der Waals surface area (Å²) in [5, 5.41) is 4.00. The van der Waals surface area contributed by atoms with Crippen molar-refractivity contribution in [2.75, 3.05) is 0 Å². The van der Waals surface area contributed by atoms with Gasteiger partial charge in [0, 0.05) is 16.5 Å². The third kappa shape index (κ3) is 2.34. The van der Waals surface area contributed by atoms with Crippen LogP contribution < -0.4 is 0 Å². The SMILES string of the molecule is Cc1cc(Br)ccc1-c1noc(C2CCCC2=O)n1. The maximum Gasteiger partial charge on any atom is 0.237 e. The number of rotatable bonds is 2. The van der Waals surface area contributed by atoms with Gasteiger partial charge in [0.15, 0.2) is 0 Å². The fourth-order valence-electron chi connectivity index (χ4n) is 2.44. The average molecular weight is 321 g/mol. The summed E-state index contributed by atoms with van der Waals surface area (Å²) in [4.78, 5) is 16.1. The molecule has 98 valence electrons. The maximum absolute atomic E-state index is 11.7. The minimum atomic E-state index is -0.197. The van der Waals surface area contributed by atoms with E-state index in [2.05, 4.69) is 26.1 Å². The molecule has 0 aliphatic heterocycles. The van der Waals surface area contributed by atoms with Crippen molar-refractivity contribution in [2.24, 2.45) is 0 Å². The van der Waals surface area contributed by atoms with Crippen LogP contribution in [0.5, 0.6) is 0 Å². The van der Waals surface area contributed by atoms with Crippen LogP contribution in [0.15, 0.2) is 27.2 Å². The summed E-state index contributed by atoms with van der Waals surface area (Å²) >= 11 is 3.43. The van der Waals surface area contributed by atoms with Crippen molar-refractivity contribution in [3.05, 3.63) is 34.1 Å². The van der Waals surface area contributed by atoms with E-state index in [4.69, 9.17) is 4.52 Å². The van der Waals surface area contributed by atoms with Crippen molar-refractivity contribution in [3.8, 4) is 11.4 Å². The summed E-state index contributed by atoms with van der Waals surface area (Å²) in [5.74, 6) is 1.03. The van der Waals surface area contributed by atoms with Crippen molar-refractivity contribution in [1.29, 1.82) is 0 Å². The Morgan fingerprint density at radius 1 is 1.42 bits per heavy atom. The molecule has 0 spiro atoms. The van der Waals surface area contributed by atoms with Crippen LogP contribution in [0.2, 0.25) is 0 Å². The number of nitrogens with zero attached hydrogens (tertiary/aromatic N) is 2. The molecule has 2 aromatic rings. The first-order valence-corrected chi connectivity index (χ1v) is 7.07. The summed E-state index contributed by atoms with van der Waals surface area (Å²) in [6, 6.07) is 5.90. The molecule has 1 aromatic carbocycles. The molecular formula is C14H13BrN2O2. The zero-order chi connectivity index (χ0) is 13.4. The Hall–Kier alpha value is -1.49. The lowest BCUT2D eigenvalue weighted by Crippen LogP contribution is -2.04. The number of benzene rings is 1. The molecule has 1 atom stereocenters. The van der Waals surface area contributed by atoms with Gasteiger partial charge in [-0.05, 0) is 43.5 Å². The number of carbonyl (C=O) groups excluding carboxylic acids is 1. The Labute approximate surface area is 119 Å². The predicted molar refractivity (Wildman–Crippen MR) is 73.8 cm³/mol. The molecular weight excluding hydrogens is 308 g/mol. The molecule has 1 aromatic heterocycles. The molecule has 1 unspecified atom stereocenters. The standard InChI is InChI=1S/C14H13BrN2O2/c1-8-7-9(15)5-6-10(8)13-16-14(19-17-13)11-3-2-4-12(11)18/h5-7,11H,2-4H2,1H3. The smallest absolute Gasteiger partial charge is 0.237 e. The van der Waals surface area contributed by atoms with E-state index in [1.807, 2.05) is 25.1 Å². The average Bonchev–Trinajstić information content (AvgIpc) is 2.97. The zero-order valence-electron chi connectivity index (χ0n) is 10.5. The Balaban J connectivity index is 1.94. The summed E-state index contributed by atoms with van der Waals surface area (Å²) in [6.45, 7) is 2.00. The van der Waals surface area contributed by atoms with E-state index < -0.39 is 0 Å². The van der Waals surface area contributed by atoms with Gasteiger partial charge in [-0.2, -0.15) is 4.98 Å². The largest absolute Gasteiger partial charge is 0.338 e. The quantitative estimate of drug-likeness (QED) is 0.847. The molecule has 0 N–H and O–H groups in total. The van der Waals surface area contributed by atoms with E-state index in [-0.39, 0.29) is 11.7 Å². The lowest BCUT2D eigenvalue weighted by atomic mass is 10.1. The molecule has 0 bridgehead atoms. The fraction of sp³-hybridized carbons (Fsp3) is 0.357. The highest BCUT2D eigenvalue weighted by molar-refractivity contribution is 9.10. The van der Waals surface area contributed by atoms with Crippen molar-refractivity contribution in [2.45, 2.75) is 32.1 Å². The summed E-state index contributed by atoms with van der Waals surface area (Å²) in [7, 11) is 0.